The van der Waals surface area contributed by atoms with E-state index in [1.165, 1.54) is 6.92 Å². The molecule has 6 nitrogen and oxygen atoms in total. The van der Waals surface area contributed by atoms with Crippen molar-refractivity contribution in [3.05, 3.63) is 0 Å². The molecule has 1 aliphatic rings. The molecule has 0 aliphatic carbocycles. The van der Waals surface area contributed by atoms with Crippen molar-refractivity contribution in [1.82, 2.24) is 0 Å². The van der Waals surface area contributed by atoms with Crippen LogP contribution in [-0.2, 0) is 14.3 Å². The van der Waals surface area contributed by atoms with Gasteiger partial charge in [0.05, 0.1) is 6.61 Å². The summed E-state index contributed by atoms with van der Waals surface area (Å²) < 4.78 is 9.24. The summed E-state index contributed by atoms with van der Waals surface area (Å²) in [6.07, 6.45) is -3.40. The summed E-state index contributed by atoms with van der Waals surface area (Å²) in [7, 11) is 0. The highest BCUT2D eigenvalue weighted by atomic mass is 16.6. The summed E-state index contributed by atoms with van der Waals surface area (Å²) in [5, 5.41) is 27.8. The van der Waals surface area contributed by atoms with E-state index in [1.807, 2.05) is 0 Å². The van der Waals surface area contributed by atoms with Gasteiger partial charge in [-0.05, 0) is 0 Å². The third kappa shape index (κ3) is 2.67. The maximum absolute atomic E-state index is 11.2. The predicted molar refractivity (Wildman–Crippen MR) is 47.3 cm³/mol. The summed E-state index contributed by atoms with van der Waals surface area (Å²) in [6.45, 7) is 1.24. The fourth-order valence-corrected chi connectivity index (χ4v) is 1.17. The van der Waals surface area contributed by atoms with Gasteiger partial charge in [0.15, 0.2) is 6.10 Å². The van der Waals surface area contributed by atoms with Gasteiger partial charge in [0.25, 0.3) is 0 Å². The molecule has 0 aromatic carbocycles. The average molecular weight is 216 g/mol. The Morgan fingerprint density at radius 3 is 2.67 bits per heavy atom. The highest BCUT2D eigenvalue weighted by Crippen LogP contribution is 2.16. The maximum atomic E-state index is 11.2. The fourth-order valence-electron chi connectivity index (χ4n) is 1.17. The van der Waals surface area contributed by atoms with Crippen molar-refractivity contribution in [3.8, 4) is 12.0 Å². The van der Waals surface area contributed by atoms with E-state index in [0.717, 1.165) is 0 Å². The van der Waals surface area contributed by atoms with Gasteiger partial charge in [-0.2, -0.15) is 0 Å². The normalized spacial score (nSPS) is 35.2. The molecule has 0 spiro atoms. The lowest BCUT2D eigenvalue weighted by molar-refractivity contribution is -0.201. The van der Waals surface area contributed by atoms with Gasteiger partial charge in [-0.3, -0.25) is 0 Å². The van der Waals surface area contributed by atoms with Gasteiger partial charge in [0, 0.05) is 6.92 Å². The minimum atomic E-state index is -1.51. The molecule has 84 valence electrons. The Morgan fingerprint density at radius 1 is 1.40 bits per heavy atom. The second-order valence-electron chi connectivity index (χ2n) is 3.08. The largest absolute Gasteiger partial charge is 0.388 e. The Morgan fingerprint density at radius 2 is 2.07 bits per heavy atom. The Labute approximate surface area is 86.4 Å². The minimum Gasteiger partial charge on any atom is -0.388 e. The topological polar surface area (TPSA) is 96.2 Å². The number of rotatable bonds is 1. The maximum Gasteiger partial charge on any atom is 0.352 e. The lowest BCUT2D eigenvalue weighted by atomic mass is 10.0. The van der Waals surface area contributed by atoms with Crippen LogP contribution in [0.3, 0.4) is 0 Å². The van der Waals surface area contributed by atoms with Crippen LogP contribution >= 0.6 is 0 Å². The summed E-state index contributed by atoms with van der Waals surface area (Å²) in [5.41, 5.74) is 0. The molecule has 4 atom stereocenters. The number of aliphatic hydroxyl groups is 3. The Balaban J connectivity index is 2.61. The molecule has 0 radical (unpaired) electrons. The van der Waals surface area contributed by atoms with Crippen LogP contribution in [0.25, 0.3) is 0 Å². The Bertz CT molecular complexity index is 291. The van der Waals surface area contributed by atoms with Crippen molar-refractivity contribution < 1.29 is 29.6 Å². The van der Waals surface area contributed by atoms with Crippen molar-refractivity contribution in [2.24, 2.45) is 0 Å². The lowest BCUT2D eigenvalue weighted by Gasteiger charge is -2.33. The minimum absolute atomic E-state index is 0.239. The van der Waals surface area contributed by atoms with Crippen molar-refractivity contribution in [1.29, 1.82) is 0 Å². The van der Waals surface area contributed by atoms with Crippen molar-refractivity contribution in [3.63, 3.8) is 0 Å². The van der Waals surface area contributed by atoms with E-state index in [2.05, 4.69) is 16.8 Å². The van der Waals surface area contributed by atoms with Gasteiger partial charge in [0.2, 0.25) is 0 Å². The molecule has 0 amide bonds. The van der Waals surface area contributed by atoms with Crippen LogP contribution in [0, 0.1) is 12.0 Å². The van der Waals surface area contributed by atoms with Crippen LogP contribution < -0.4 is 0 Å². The summed E-state index contributed by atoms with van der Waals surface area (Å²) in [4.78, 5) is 11.2. The third-order valence-corrected chi connectivity index (χ3v) is 1.99. The molecule has 1 aliphatic heterocycles. The van der Waals surface area contributed by atoms with Gasteiger partial charge in [-0.15, -0.1) is 0 Å². The monoisotopic (exact) mass is 216 g/mol. The fraction of sp³-hybridized carbons (Fsp3) is 0.667. The first kappa shape index (κ1) is 11.9. The van der Waals surface area contributed by atoms with E-state index in [9.17, 15) is 15.0 Å². The summed E-state index contributed by atoms with van der Waals surface area (Å²) >= 11 is 0. The molecule has 1 fully saturated rings. The first-order chi connectivity index (χ1) is 7.07. The SMILES string of the molecule is CC#COC(=O)[C@@H]1OC[C@@H](O)[C@@H](O)[C@H]1O. The molecular weight excluding hydrogens is 204 g/mol. The second-order valence-corrected chi connectivity index (χ2v) is 3.08. The Kier molecular flexibility index (Phi) is 4.05. The zero-order valence-electron chi connectivity index (χ0n) is 8.08. The predicted octanol–water partition coefficient (Wildman–Crippen LogP) is -2.01. The average Bonchev–Trinajstić information content (AvgIpc) is 2.23. The van der Waals surface area contributed by atoms with E-state index in [-0.39, 0.29) is 6.61 Å². The molecule has 0 aromatic heterocycles. The first-order valence-corrected chi connectivity index (χ1v) is 4.36. The smallest absolute Gasteiger partial charge is 0.352 e. The number of aliphatic hydroxyl groups excluding tert-OH is 3. The third-order valence-electron chi connectivity index (χ3n) is 1.99. The number of esters is 1. The molecule has 6 heteroatoms. The number of hydrogen-bond donors (Lipinski definition) is 3. The zero-order valence-corrected chi connectivity index (χ0v) is 8.08. The molecule has 1 saturated heterocycles. The van der Waals surface area contributed by atoms with E-state index in [4.69, 9.17) is 9.84 Å². The van der Waals surface area contributed by atoms with Crippen LogP contribution in [0.1, 0.15) is 6.92 Å². The first-order valence-electron chi connectivity index (χ1n) is 4.36. The van der Waals surface area contributed by atoms with Crippen LogP contribution in [0.4, 0.5) is 0 Å². The van der Waals surface area contributed by atoms with Crippen LogP contribution in [0.2, 0.25) is 0 Å². The molecule has 1 rings (SSSR count). The summed E-state index contributed by atoms with van der Waals surface area (Å²) in [6, 6.07) is 0. The van der Waals surface area contributed by atoms with E-state index in [0.29, 0.717) is 0 Å². The molecule has 15 heavy (non-hydrogen) atoms. The highest BCUT2D eigenvalue weighted by Gasteiger charge is 2.42. The van der Waals surface area contributed by atoms with E-state index < -0.39 is 30.4 Å². The van der Waals surface area contributed by atoms with Crippen LogP contribution in [-0.4, -0.2) is 52.3 Å². The quantitative estimate of drug-likeness (QED) is 0.346. The van der Waals surface area contributed by atoms with Crippen molar-refractivity contribution in [2.45, 2.75) is 31.3 Å². The molecule has 3 N–H and O–H groups in total. The number of hydrogen-bond acceptors (Lipinski definition) is 6. The number of ether oxygens (including phenoxy) is 2. The highest BCUT2D eigenvalue weighted by molar-refractivity contribution is 5.76. The number of carbonyl (C=O) groups excluding carboxylic acids is 1. The van der Waals surface area contributed by atoms with Crippen molar-refractivity contribution >= 4 is 5.97 Å². The second kappa shape index (κ2) is 5.09. The van der Waals surface area contributed by atoms with Gasteiger partial charge in [-0.1, -0.05) is 5.92 Å². The van der Waals surface area contributed by atoms with Gasteiger partial charge in [-0.25, -0.2) is 4.79 Å². The molecule has 0 unspecified atom stereocenters. The van der Waals surface area contributed by atoms with Crippen LogP contribution in [0.15, 0.2) is 0 Å². The van der Waals surface area contributed by atoms with Crippen LogP contribution in [0.5, 0.6) is 0 Å². The molecular formula is C9H12O6. The summed E-state index contributed by atoms with van der Waals surface area (Å²) in [5.74, 6) is 1.44. The molecule has 0 bridgehead atoms. The molecule has 0 aromatic rings. The standard InChI is InChI=1S/C9H12O6/c1-2-3-14-9(13)8-7(12)6(11)5(10)4-15-8/h5-8,10-12H,4H2,1H3/t5-,6-,7-,8-/m1/s1. The number of carbonyl (C=O) groups is 1. The van der Waals surface area contributed by atoms with E-state index in [1.54, 1.807) is 0 Å². The molecule has 0 saturated carbocycles. The molecule has 1 heterocycles. The van der Waals surface area contributed by atoms with Crippen molar-refractivity contribution in [2.75, 3.05) is 6.61 Å². The van der Waals surface area contributed by atoms with E-state index >= 15 is 0 Å². The lowest BCUT2D eigenvalue weighted by Crippen LogP contribution is -2.55. The Hall–Kier alpha value is -1.13. The van der Waals surface area contributed by atoms with Gasteiger partial charge in [0.1, 0.15) is 24.4 Å². The van der Waals surface area contributed by atoms with Gasteiger partial charge >= 0.3 is 5.97 Å². The van der Waals surface area contributed by atoms with Gasteiger partial charge < -0.3 is 24.8 Å². The zero-order chi connectivity index (χ0) is 11.4.